The normalized spacial score (nSPS) is 22.8. The Morgan fingerprint density at radius 3 is 2.35 bits per heavy atom. The Labute approximate surface area is 287 Å². The van der Waals surface area contributed by atoms with E-state index in [2.05, 4.69) is 32.2 Å². The fourth-order valence-corrected chi connectivity index (χ4v) is 13.0. The molecule has 0 radical (unpaired) electrons. The first-order chi connectivity index (χ1) is 23.7. The van der Waals surface area contributed by atoms with Crippen molar-refractivity contribution in [2.24, 2.45) is 5.92 Å². The van der Waals surface area contributed by atoms with Crippen LogP contribution in [0, 0.1) is 5.92 Å². The van der Waals surface area contributed by atoms with Crippen molar-refractivity contribution < 1.29 is 24.2 Å². The molecule has 0 unspecified atom stereocenters. The highest BCUT2D eigenvalue weighted by Crippen LogP contribution is 2.60. The molecule has 0 aliphatic carbocycles. The van der Waals surface area contributed by atoms with Crippen LogP contribution in [0.4, 0.5) is 17.1 Å². The van der Waals surface area contributed by atoms with Gasteiger partial charge in [0.1, 0.15) is 5.75 Å². The molecule has 0 bridgehead atoms. The van der Waals surface area contributed by atoms with Crippen molar-refractivity contribution in [2.75, 3.05) is 23.5 Å². The van der Waals surface area contributed by atoms with Crippen molar-refractivity contribution >= 4 is 52.9 Å². The lowest BCUT2D eigenvalue weighted by atomic mass is 9.82. The Morgan fingerprint density at radius 2 is 1.59 bits per heavy atom. The molecule has 1 saturated heterocycles. The second-order valence-electron chi connectivity index (χ2n) is 14.1. The van der Waals surface area contributed by atoms with E-state index in [1.165, 1.54) is 5.19 Å². The fraction of sp³-hybridized carbons (Fsp3) is 0.268. The van der Waals surface area contributed by atoms with Crippen LogP contribution >= 0.6 is 0 Å². The van der Waals surface area contributed by atoms with Gasteiger partial charge in [-0.2, -0.15) is 0 Å². The maximum Gasteiger partial charge on any atom is 0.264 e. The summed E-state index contributed by atoms with van der Waals surface area (Å²) in [6, 6.07) is 36.0. The topological polar surface area (TPSA) is 79.3 Å². The number of benzene rings is 5. The quantitative estimate of drug-likeness (QED) is 0.176. The Balaban J connectivity index is 1.15. The van der Waals surface area contributed by atoms with Gasteiger partial charge in [-0.3, -0.25) is 14.5 Å². The van der Waals surface area contributed by atoms with E-state index in [-0.39, 0.29) is 36.0 Å². The largest absolute Gasteiger partial charge is 0.497 e. The second-order valence-corrected chi connectivity index (χ2v) is 18.8. The number of aliphatic hydroxyl groups is 1. The Bertz CT molecular complexity index is 2110. The summed E-state index contributed by atoms with van der Waals surface area (Å²) in [6.07, 6.45) is 0.175. The standard InChI is InChI=1S/C41H40N2O5Si/c1-26-38(49(3,4)31-20-18-30(47-2)19-21-31)36(22-23-44)48-41(26)33-15-5-6-16-34(33)42(40(41)46)25-27-10-7-13-29(24-27)43-35-17-9-12-28-11-8-14-32(37(28)35)39(43)45/h5-21,24,26,36,38,44H,22-23,25H2,1-4H3/t26-,36+,38-,41+/m0/s1. The smallest absolute Gasteiger partial charge is 0.264 e. The fourth-order valence-electron chi connectivity index (χ4n) is 8.97. The van der Waals surface area contributed by atoms with Crippen LogP contribution in [0.25, 0.3) is 10.8 Å². The van der Waals surface area contributed by atoms with Crippen LogP contribution in [-0.4, -0.2) is 44.8 Å². The van der Waals surface area contributed by atoms with Gasteiger partial charge < -0.3 is 19.5 Å². The molecule has 0 saturated carbocycles. The molecule has 8 rings (SSSR count). The van der Waals surface area contributed by atoms with Gasteiger partial charge >= 0.3 is 0 Å². The molecular weight excluding hydrogens is 629 g/mol. The van der Waals surface area contributed by atoms with E-state index in [0.29, 0.717) is 18.5 Å². The third-order valence-electron chi connectivity index (χ3n) is 11.2. The lowest BCUT2D eigenvalue weighted by Gasteiger charge is -2.37. The molecule has 5 aromatic rings. The van der Waals surface area contributed by atoms with Crippen molar-refractivity contribution in [1.29, 1.82) is 0 Å². The average molecular weight is 669 g/mol. The molecule has 4 atom stereocenters. The third-order valence-corrected chi connectivity index (χ3v) is 15.6. The molecule has 5 aromatic carbocycles. The predicted octanol–water partition coefficient (Wildman–Crippen LogP) is 7.29. The van der Waals surface area contributed by atoms with Crippen LogP contribution in [0.5, 0.6) is 5.75 Å². The van der Waals surface area contributed by atoms with Gasteiger partial charge in [0.15, 0.2) is 5.60 Å². The number of carbonyl (C=O) groups is 2. The lowest BCUT2D eigenvalue weighted by Crippen LogP contribution is -2.51. The number of methoxy groups -OCH3 is 1. The number of para-hydroxylation sites is 1. The van der Waals surface area contributed by atoms with Crippen LogP contribution in [-0.2, 0) is 21.7 Å². The van der Waals surface area contributed by atoms with Crippen molar-refractivity contribution in [2.45, 2.75) is 50.2 Å². The number of nitrogens with zero attached hydrogens (tertiary/aromatic N) is 2. The summed E-state index contributed by atoms with van der Waals surface area (Å²) in [5.74, 6) is 0.538. The number of carbonyl (C=O) groups excluding carboxylic acids is 2. The van der Waals surface area contributed by atoms with E-state index < -0.39 is 13.7 Å². The van der Waals surface area contributed by atoms with E-state index in [1.54, 1.807) is 12.0 Å². The number of hydrogen-bond donors (Lipinski definition) is 1. The summed E-state index contributed by atoms with van der Waals surface area (Å²) in [4.78, 5) is 32.3. The molecule has 1 N–H and O–H groups in total. The second kappa shape index (κ2) is 11.7. The van der Waals surface area contributed by atoms with E-state index in [4.69, 9.17) is 9.47 Å². The molecule has 7 nitrogen and oxygen atoms in total. The molecule has 1 spiro atoms. The van der Waals surface area contributed by atoms with E-state index in [0.717, 1.165) is 44.7 Å². The van der Waals surface area contributed by atoms with Crippen LogP contribution in [0.1, 0.15) is 34.8 Å². The van der Waals surface area contributed by atoms with E-state index in [1.807, 2.05) is 102 Å². The van der Waals surface area contributed by atoms with Crippen LogP contribution < -0.4 is 19.7 Å². The number of rotatable bonds is 8. The van der Waals surface area contributed by atoms with E-state index >= 15 is 0 Å². The minimum atomic E-state index is -2.26. The van der Waals surface area contributed by atoms with Crippen LogP contribution in [0.15, 0.2) is 109 Å². The van der Waals surface area contributed by atoms with Gasteiger partial charge in [0.25, 0.3) is 11.8 Å². The van der Waals surface area contributed by atoms with Crippen LogP contribution in [0.2, 0.25) is 18.6 Å². The van der Waals surface area contributed by atoms with Gasteiger partial charge in [0.2, 0.25) is 0 Å². The number of hydrogen-bond acceptors (Lipinski definition) is 5. The summed E-state index contributed by atoms with van der Waals surface area (Å²) < 4.78 is 12.5. The minimum absolute atomic E-state index is 0.0176. The van der Waals surface area contributed by atoms with Gasteiger partial charge in [-0.05, 0) is 65.4 Å². The third kappa shape index (κ3) is 4.61. The molecule has 3 aliphatic heterocycles. The van der Waals surface area contributed by atoms with Gasteiger partial charge in [-0.1, -0.05) is 91.9 Å². The maximum absolute atomic E-state index is 15.0. The monoisotopic (exact) mass is 668 g/mol. The Hall–Kier alpha value is -4.76. The van der Waals surface area contributed by atoms with Gasteiger partial charge in [-0.25, -0.2) is 0 Å². The molecule has 8 heteroatoms. The van der Waals surface area contributed by atoms with Crippen molar-refractivity contribution in [3.8, 4) is 5.75 Å². The van der Waals surface area contributed by atoms with Crippen molar-refractivity contribution in [1.82, 2.24) is 0 Å². The first-order valence-corrected chi connectivity index (χ1v) is 20.1. The minimum Gasteiger partial charge on any atom is -0.497 e. The molecule has 3 heterocycles. The summed E-state index contributed by atoms with van der Waals surface area (Å²) in [6.45, 7) is 7.16. The van der Waals surface area contributed by atoms with E-state index in [9.17, 15) is 14.7 Å². The number of ether oxygens (including phenoxy) is 2. The highest BCUT2D eigenvalue weighted by Gasteiger charge is 2.66. The summed E-state index contributed by atoms with van der Waals surface area (Å²) in [5.41, 5.74) is 3.87. The molecule has 2 amide bonds. The summed E-state index contributed by atoms with van der Waals surface area (Å²) >= 11 is 0. The molecule has 248 valence electrons. The predicted molar refractivity (Wildman–Crippen MR) is 196 cm³/mol. The van der Waals surface area contributed by atoms with Gasteiger partial charge in [-0.15, -0.1) is 0 Å². The van der Waals surface area contributed by atoms with Gasteiger partial charge in [0.05, 0.1) is 44.8 Å². The Morgan fingerprint density at radius 1 is 0.878 bits per heavy atom. The summed E-state index contributed by atoms with van der Waals surface area (Å²) in [7, 11) is -0.593. The molecule has 1 fully saturated rings. The van der Waals surface area contributed by atoms with Crippen LogP contribution in [0.3, 0.4) is 0 Å². The Kier molecular flexibility index (Phi) is 7.51. The molecular formula is C41H40N2O5Si. The first kappa shape index (κ1) is 31.5. The SMILES string of the molecule is COc1ccc([Si](C)(C)[C@@H]2[C@@H](CCO)O[C@]3(C(=O)N(Cc4cccc(N5C(=O)c6cccc7cccc5c67)c4)c4ccccc43)[C@H]2C)cc1. The maximum atomic E-state index is 15.0. The summed E-state index contributed by atoms with van der Waals surface area (Å²) in [5, 5.41) is 13.5. The zero-order valence-corrected chi connectivity index (χ0v) is 29.2. The number of amides is 2. The number of aliphatic hydroxyl groups excluding tert-OH is 1. The number of anilines is 3. The highest BCUT2D eigenvalue weighted by atomic mass is 28.3. The zero-order valence-electron chi connectivity index (χ0n) is 28.2. The highest BCUT2D eigenvalue weighted by molar-refractivity contribution is 6.91. The average Bonchev–Trinajstić information content (AvgIpc) is 3.67. The first-order valence-electron chi connectivity index (χ1n) is 17.0. The molecule has 3 aliphatic rings. The van der Waals surface area contributed by atoms with Crippen molar-refractivity contribution in [3.05, 3.63) is 126 Å². The zero-order chi connectivity index (χ0) is 34.1. The van der Waals surface area contributed by atoms with Gasteiger partial charge in [0, 0.05) is 29.2 Å². The number of fused-ring (bicyclic) bond motifs is 2. The molecule has 0 aromatic heterocycles. The van der Waals surface area contributed by atoms with Crippen molar-refractivity contribution in [3.63, 3.8) is 0 Å². The lowest BCUT2D eigenvalue weighted by molar-refractivity contribution is -0.146. The molecule has 49 heavy (non-hydrogen) atoms.